The van der Waals surface area contributed by atoms with Gasteiger partial charge in [-0.15, -0.1) is 0 Å². The standard InChI is InChI=1S/C12H15N3O2/c13-11(16)5-6-14-12(17)10-7-8-3-1-2-4-9(8)15-10/h1-4,10,15H,5-7H2,(H2,13,16)(H,14,17). The summed E-state index contributed by atoms with van der Waals surface area (Å²) in [6.07, 6.45) is 0.851. The lowest BCUT2D eigenvalue weighted by atomic mass is 10.1. The molecular weight excluding hydrogens is 218 g/mol. The summed E-state index contributed by atoms with van der Waals surface area (Å²) in [5, 5.41) is 5.83. The molecular formula is C12H15N3O2. The smallest absolute Gasteiger partial charge is 0.242 e. The number of nitrogens with one attached hydrogen (secondary N) is 2. The highest BCUT2D eigenvalue weighted by molar-refractivity contribution is 5.87. The summed E-state index contributed by atoms with van der Waals surface area (Å²) in [4.78, 5) is 22.3. The average molecular weight is 233 g/mol. The molecule has 1 heterocycles. The molecule has 0 saturated heterocycles. The van der Waals surface area contributed by atoms with Crippen LogP contribution in [0.1, 0.15) is 12.0 Å². The van der Waals surface area contributed by atoms with Crippen molar-refractivity contribution in [2.24, 2.45) is 5.73 Å². The van der Waals surface area contributed by atoms with Crippen LogP contribution in [0.4, 0.5) is 5.69 Å². The van der Waals surface area contributed by atoms with E-state index in [0.29, 0.717) is 13.0 Å². The molecule has 5 heteroatoms. The number of anilines is 1. The van der Waals surface area contributed by atoms with Gasteiger partial charge in [-0.05, 0) is 11.6 Å². The summed E-state index contributed by atoms with van der Waals surface area (Å²) in [5.41, 5.74) is 7.14. The molecule has 2 rings (SSSR count). The van der Waals surface area contributed by atoms with Crippen molar-refractivity contribution >= 4 is 17.5 Å². The summed E-state index contributed by atoms with van der Waals surface area (Å²) >= 11 is 0. The first kappa shape index (κ1) is 11.4. The van der Waals surface area contributed by atoms with E-state index in [1.807, 2.05) is 24.3 Å². The van der Waals surface area contributed by atoms with E-state index in [0.717, 1.165) is 11.3 Å². The topological polar surface area (TPSA) is 84.2 Å². The molecule has 1 atom stereocenters. The van der Waals surface area contributed by atoms with Gasteiger partial charge in [0.2, 0.25) is 11.8 Å². The first-order chi connectivity index (χ1) is 8.16. The minimum absolute atomic E-state index is 0.0950. The van der Waals surface area contributed by atoms with E-state index in [2.05, 4.69) is 10.6 Å². The minimum atomic E-state index is -0.409. The largest absolute Gasteiger partial charge is 0.373 e. The average Bonchev–Trinajstić information content (AvgIpc) is 2.71. The summed E-state index contributed by atoms with van der Waals surface area (Å²) in [5.74, 6) is -0.504. The monoisotopic (exact) mass is 233 g/mol. The Morgan fingerprint density at radius 2 is 2.18 bits per heavy atom. The van der Waals surface area contributed by atoms with E-state index in [9.17, 15) is 9.59 Å². The van der Waals surface area contributed by atoms with Crippen molar-refractivity contribution in [2.45, 2.75) is 18.9 Å². The third-order valence-electron chi connectivity index (χ3n) is 2.76. The van der Waals surface area contributed by atoms with Gasteiger partial charge < -0.3 is 16.4 Å². The summed E-state index contributed by atoms with van der Waals surface area (Å²) in [6.45, 7) is 0.294. The molecule has 0 aromatic heterocycles. The number of nitrogens with two attached hydrogens (primary N) is 1. The highest BCUT2D eigenvalue weighted by atomic mass is 16.2. The van der Waals surface area contributed by atoms with Crippen LogP contribution in [0, 0.1) is 0 Å². The third kappa shape index (κ3) is 2.75. The van der Waals surface area contributed by atoms with Gasteiger partial charge in [-0.3, -0.25) is 9.59 Å². The van der Waals surface area contributed by atoms with Gasteiger partial charge in [-0.25, -0.2) is 0 Å². The van der Waals surface area contributed by atoms with Crippen molar-refractivity contribution in [2.75, 3.05) is 11.9 Å². The first-order valence-corrected chi connectivity index (χ1v) is 5.57. The van der Waals surface area contributed by atoms with Gasteiger partial charge in [0.25, 0.3) is 0 Å². The number of hydrogen-bond acceptors (Lipinski definition) is 3. The van der Waals surface area contributed by atoms with Crippen LogP contribution in [-0.2, 0) is 16.0 Å². The zero-order valence-electron chi connectivity index (χ0n) is 9.40. The minimum Gasteiger partial charge on any atom is -0.373 e. The van der Waals surface area contributed by atoms with Crippen LogP contribution in [0.15, 0.2) is 24.3 Å². The Bertz CT molecular complexity index is 420. The third-order valence-corrected chi connectivity index (χ3v) is 2.76. The molecule has 1 aromatic carbocycles. The zero-order chi connectivity index (χ0) is 12.3. The number of para-hydroxylation sites is 1. The number of benzene rings is 1. The number of carbonyl (C=O) groups excluding carboxylic acids is 2. The molecule has 90 valence electrons. The fourth-order valence-corrected chi connectivity index (χ4v) is 1.89. The molecule has 1 aliphatic heterocycles. The molecule has 17 heavy (non-hydrogen) atoms. The molecule has 1 aromatic rings. The Labute approximate surface area is 99.4 Å². The van der Waals surface area contributed by atoms with E-state index in [1.54, 1.807) is 0 Å². The van der Waals surface area contributed by atoms with Crippen LogP contribution in [0.3, 0.4) is 0 Å². The molecule has 0 bridgehead atoms. The Morgan fingerprint density at radius 3 is 2.88 bits per heavy atom. The maximum absolute atomic E-state index is 11.8. The van der Waals surface area contributed by atoms with Crippen molar-refractivity contribution < 1.29 is 9.59 Å². The van der Waals surface area contributed by atoms with E-state index >= 15 is 0 Å². The fraction of sp³-hybridized carbons (Fsp3) is 0.333. The van der Waals surface area contributed by atoms with Crippen LogP contribution >= 0.6 is 0 Å². The predicted octanol–water partition coefficient (Wildman–Crippen LogP) is 0.0148. The molecule has 0 spiro atoms. The van der Waals surface area contributed by atoms with Gasteiger partial charge in [-0.1, -0.05) is 18.2 Å². The first-order valence-electron chi connectivity index (χ1n) is 5.57. The quantitative estimate of drug-likeness (QED) is 0.685. The van der Waals surface area contributed by atoms with E-state index in [4.69, 9.17) is 5.73 Å². The molecule has 0 radical (unpaired) electrons. The number of hydrogen-bond donors (Lipinski definition) is 3. The van der Waals surface area contributed by atoms with Crippen molar-refractivity contribution in [1.29, 1.82) is 0 Å². The van der Waals surface area contributed by atoms with Gasteiger partial charge in [0.15, 0.2) is 0 Å². The van der Waals surface area contributed by atoms with Gasteiger partial charge in [0.1, 0.15) is 6.04 Å². The normalized spacial score (nSPS) is 17.1. The van der Waals surface area contributed by atoms with E-state index in [-0.39, 0.29) is 18.4 Å². The highest BCUT2D eigenvalue weighted by Crippen LogP contribution is 2.24. The van der Waals surface area contributed by atoms with Gasteiger partial charge in [0, 0.05) is 25.1 Å². The predicted molar refractivity (Wildman–Crippen MR) is 64.4 cm³/mol. The number of fused-ring (bicyclic) bond motifs is 1. The molecule has 4 N–H and O–H groups in total. The van der Waals surface area contributed by atoms with Crippen molar-refractivity contribution in [3.05, 3.63) is 29.8 Å². The Hall–Kier alpha value is -2.04. The Kier molecular flexibility index (Phi) is 3.27. The number of carbonyl (C=O) groups is 2. The van der Waals surface area contributed by atoms with E-state index < -0.39 is 5.91 Å². The highest BCUT2D eigenvalue weighted by Gasteiger charge is 2.25. The Morgan fingerprint density at radius 1 is 1.41 bits per heavy atom. The van der Waals surface area contributed by atoms with Gasteiger partial charge in [-0.2, -0.15) is 0 Å². The summed E-state index contributed by atoms with van der Waals surface area (Å²) < 4.78 is 0. The zero-order valence-corrected chi connectivity index (χ0v) is 9.40. The van der Waals surface area contributed by atoms with Gasteiger partial charge in [0.05, 0.1) is 0 Å². The van der Waals surface area contributed by atoms with Crippen LogP contribution < -0.4 is 16.4 Å². The number of rotatable bonds is 4. The lowest BCUT2D eigenvalue weighted by molar-refractivity contribution is -0.122. The van der Waals surface area contributed by atoms with Crippen LogP contribution in [0.5, 0.6) is 0 Å². The molecule has 1 aliphatic rings. The fourth-order valence-electron chi connectivity index (χ4n) is 1.89. The van der Waals surface area contributed by atoms with Crippen molar-refractivity contribution in [3.63, 3.8) is 0 Å². The molecule has 2 amide bonds. The van der Waals surface area contributed by atoms with Crippen LogP contribution in [-0.4, -0.2) is 24.4 Å². The molecule has 0 saturated carbocycles. The SMILES string of the molecule is NC(=O)CCNC(=O)C1Cc2ccccc2N1. The number of amides is 2. The second-order valence-corrected chi connectivity index (χ2v) is 4.07. The maximum Gasteiger partial charge on any atom is 0.242 e. The van der Waals surface area contributed by atoms with Crippen molar-refractivity contribution in [3.8, 4) is 0 Å². The summed E-state index contributed by atoms with van der Waals surface area (Å²) in [7, 11) is 0. The molecule has 5 nitrogen and oxygen atoms in total. The number of primary amides is 1. The molecule has 0 fully saturated rings. The van der Waals surface area contributed by atoms with Crippen molar-refractivity contribution in [1.82, 2.24) is 5.32 Å². The lowest BCUT2D eigenvalue weighted by Crippen LogP contribution is -2.39. The summed E-state index contributed by atoms with van der Waals surface area (Å²) in [6, 6.07) is 7.58. The second kappa shape index (κ2) is 4.86. The van der Waals surface area contributed by atoms with Gasteiger partial charge >= 0.3 is 0 Å². The van der Waals surface area contributed by atoms with Crippen LogP contribution in [0.2, 0.25) is 0 Å². The second-order valence-electron chi connectivity index (χ2n) is 4.07. The molecule has 0 aliphatic carbocycles. The Balaban J connectivity index is 1.86. The molecule has 1 unspecified atom stereocenters. The van der Waals surface area contributed by atoms with Crippen LogP contribution in [0.25, 0.3) is 0 Å². The lowest BCUT2D eigenvalue weighted by Gasteiger charge is -2.11. The van der Waals surface area contributed by atoms with E-state index in [1.165, 1.54) is 0 Å². The maximum atomic E-state index is 11.8.